The Morgan fingerprint density at radius 1 is 0.684 bits per heavy atom. The quantitative estimate of drug-likeness (QED) is 0.542. The van der Waals surface area contributed by atoms with Crippen LogP contribution in [0.3, 0.4) is 0 Å². The van der Waals surface area contributed by atoms with E-state index in [0.29, 0.717) is 12.8 Å². The summed E-state index contributed by atoms with van der Waals surface area (Å²) in [6, 6.07) is 0. The van der Waals surface area contributed by atoms with E-state index >= 15 is 0 Å². The zero-order valence-electron chi connectivity index (χ0n) is 13.3. The van der Waals surface area contributed by atoms with Crippen LogP contribution in [0.2, 0.25) is 0 Å². The molecule has 116 valence electrons. The molecule has 0 fully saturated rings. The van der Waals surface area contributed by atoms with Gasteiger partial charge in [0.2, 0.25) is 0 Å². The summed E-state index contributed by atoms with van der Waals surface area (Å²) in [5, 5.41) is 40.7. The molecule has 0 aliphatic rings. The number of rotatable bonds is 8. The third kappa shape index (κ3) is 2.56. The molecule has 0 rings (SSSR count). The Bertz CT molecular complexity index is 256. The lowest BCUT2D eigenvalue weighted by Gasteiger charge is -2.60. The fourth-order valence-corrected chi connectivity index (χ4v) is 3.36. The van der Waals surface area contributed by atoms with E-state index in [1.165, 1.54) is 0 Å². The van der Waals surface area contributed by atoms with Gasteiger partial charge in [-0.05, 0) is 23.7 Å². The highest BCUT2D eigenvalue weighted by molar-refractivity contribution is 5.12. The van der Waals surface area contributed by atoms with Gasteiger partial charge in [0, 0.05) is 0 Å². The molecular formula is C15H32O4. The van der Waals surface area contributed by atoms with Crippen molar-refractivity contribution in [2.75, 3.05) is 19.8 Å². The van der Waals surface area contributed by atoms with Crippen LogP contribution in [-0.4, -0.2) is 45.8 Å². The summed E-state index contributed by atoms with van der Waals surface area (Å²) in [5.41, 5.74) is -3.83. The normalized spacial score (nSPS) is 14.8. The molecule has 0 aromatic carbocycles. The molecule has 0 amide bonds. The average molecular weight is 276 g/mol. The molecule has 0 bridgehead atoms. The van der Waals surface area contributed by atoms with Gasteiger partial charge in [0.05, 0.1) is 30.8 Å². The highest BCUT2D eigenvalue weighted by Gasteiger charge is 2.63. The summed E-state index contributed by atoms with van der Waals surface area (Å²) in [5.74, 6) is 0. The molecule has 0 aliphatic carbocycles. The predicted octanol–water partition coefficient (Wildman–Crippen LogP) is 1.55. The molecule has 0 aliphatic heterocycles. The fraction of sp³-hybridized carbons (Fsp3) is 1.00. The van der Waals surface area contributed by atoms with Crippen LogP contribution in [0.4, 0.5) is 0 Å². The van der Waals surface area contributed by atoms with Crippen LogP contribution in [0.25, 0.3) is 0 Å². The van der Waals surface area contributed by atoms with E-state index in [1.54, 1.807) is 0 Å². The van der Waals surface area contributed by atoms with Gasteiger partial charge < -0.3 is 20.4 Å². The van der Waals surface area contributed by atoms with Gasteiger partial charge >= 0.3 is 0 Å². The molecule has 0 saturated carbocycles. The van der Waals surface area contributed by atoms with E-state index in [-0.39, 0.29) is 0 Å². The molecule has 0 heterocycles. The van der Waals surface area contributed by atoms with Gasteiger partial charge in [-0.2, -0.15) is 0 Å². The molecular weight excluding hydrogens is 244 g/mol. The number of aliphatic hydroxyl groups excluding tert-OH is 3. The van der Waals surface area contributed by atoms with E-state index in [2.05, 4.69) is 0 Å². The van der Waals surface area contributed by atoms with E-state index < -0.39 is 41.7 Å². The van der Waals surface area contributed by atoms with Crippen molar-refractivity contribution in [2.24, 2.45) is 16.2 Å². The second kappa shape index (κ2) is 6.08. The van der Waals surface area contributed by atoms with Crippen molar-refractivity contribution >= 4 is 0 Å². The Morgan fingerprint density at radius 3 is 1.11 bits per heavy atom. The molecule has 0 aromatic rings. The van der Waals surface area contributed by atoms with Crippen molar-refractivity contribution in [1.82, 2.24) is 0 Å². The smallest absolute Gasteiger partial charge is 0.0870 e. The highest BCUT2D eigenvalue weighted by Crippen LogP contribution is 2.56. The SMILES string of the molecule is CCC(C)(C)C(O)(C(C)(C)CC)C(CO)(CO)CO. The molecule has 0 saturated heterocycles. The van der Waals surface area contributed by atoms with Gasteiger partial charge in [0.25, 0.3) is 0 Å². The Balaban J connectivity index is 6.21. The van der Waals surface area contributed by atoms with Crippen molar-refractivity contribution in [2.45, 2.75) is 60.0 Å². The van der Waals surface area contributed by atoms with Crippen molar-refractivity contribution in [1.29, 1.82) is 0 Å². The third-order valence-electron chi connectivity index (χ3n) is 5.40. The van der Waals surface area contributed by atoms with Crippen molar-refractivity contribution in [3.8, 4) is 0 Å². The molecule has 0 atom stereocenters. The van der Waals surface area contributed by atoms with Crippen LogP contribution < -0.4 is 0 Å². The molecule has 4 N–H and O–H groups in total. The summed E-state index contributed by atoms with van der Waals surface area (Å²) in [7, 11) is 0. The highest BCUT2D eigenvalue weighted by atomic mass is 16.3. The Hall–Kier alpha value is -0.160. The lowest BCUT2D eigenvalue weighted by Crippen LogP contribution is -2.69. The van der Waals surface area contributed by atoms with Crippen LogP contribution in [-0.2, 0) is 0 Å². The lowest BCUT2D eigenvalue weighted by molar-refractivity contribution is -0.262. The fourth-order valence-electron chi connectivity index (χ4n) is 3.36. The minimum atomic E-state index is -1.39. The maximum atomic E-state index is 11.5. The zero-order chi connectivity index (χ0) is 15.5. The van der Waals surface area contributed by atoms with Crippen molar-refractivity contribution < 1.29 is 20.4 Å². The molecule has 0 aromatic heterocycles. The van der Waals surface area contributed by atoms with Gasteiger partial charge in [-0.3, -0.25) is 0 Å². The second-order valence-corrected chi connectivity index (χ2v) is 6.94. The second-order valence-electron chi connectivity index (χ2n) is 6.94. The maximum absolute atomic E-state index is 11.5. The zero-order valence-corrected chi connectivity index (χ0v) is 13.3. The van der Waals surface area contributed by atoms with Gasteiger partial charge in [-0.15, -0.1) is 0 Å². The van der Waals surface area contributed by atoms with Gasteiger partial charge in [-0.1, -0.05) is 41.5 Å². The van der Waals surface area contributed by atoms with Crippen LogP contribution >= 0.6 is 0 Å². The maximum Gasteiger partial charge on any atom is 0.0870 e. The molecule has 4 heteroatoms. The average Bonchev–Trinajstić information content (AvgIpc) is 2.40. The van der Waals surface area contributed by atoms with Crippen LogP contribution in [0.1, 0.15) is 54.4 Å². The lowest BCUT2D eigenvalue weighted by atomic mass is 9.49. The largest absolute Gasteiger partial charge is 0.395 e. The molecule has 19 heavy (non-hydrogen) atoms. The first kappa shape index (κ1) is 18.8. The summed E-state index contributed by atoms with van der Waals surface area (Å²) in [4.78, 5) is 0. The summed E-state index contributed by atoms with van der Waals surface area (Å²) in [6.07, 6.45) is 1.35. The third-order valence-corrected chi connectivity index (χ3v) is 5.40. The first-order chi connectivity index (χ1) is 8.55. The van der Waals surface area contributed by atoms with Crippen LogP contribution in [0.15, 0.2) is 0 Å². The molecule has 0 unspecified atom stereocenters. The van der Waals surface area contributed by atoms with Crippen molar-refractivity contribution in [3.63, 3.8) is 0 Å². The molecule has 0 radical (unpaired) electrons. The Morgan fingerprint density at radius 2 is 0.947 bits per heavy atom. The first-order valence-electron chi connectivity index (χ1n) is 7.10. The number of hydrogen-bond donors (Lipinski definition) is 4. The van der Waals surface area contributed by atoms with E-state index in [0.717, 1.165) is 0 Å². The Labute approximate surface area is 117 Å². The molecule has 4 nitrogen and oxygen atoms in total. The van der Waals surface area contributed by atoms with Crippen LogP contribution in [0, 0.1) is 16.2 Å². The first-order valence-corrected chi connectivity index (χ1v) is 7.10. The van der Waals surface area contributed by atoms with Gasteiger partial charge in [0.15, 0.2) is 0 Å². The summed E-state index contributed by atoms with van der Waals surface area (Å²) in [6.45, 7) is 10.2. The van der Waals surface area contributed by atoms with E-state index in [9.17, 15) is 20.4 Å². The minimum absolute atomic E-state index is 0.455. The monoisotopic (exact) mass is 276 g/mol. The number of hydrogen-bond acceptors (Lipinski definition) is 4. The minimum Gasteiger partial charge on any atom is -0.395 e. The summed E-state index contributed by atoms with van der Waals surface area (Å²) < 4.78 is 0. The standard InChI is InChI=1S/C15H32O4/c1-7-12(3,4)15(19,13(5,6)8-2)14(9-16,10-17)11-18/h16-19H,7-11H2,1-6H3. The topological polar surface area (TPSA) is 80.9 Å². The van der Waals surface area contributed by atoms with Crippen LogP contribution in [0.5, 0.6) is 0 Å². The summed E-state index contributed by atoms with van der Waals surface area (Å²) >= 11 is 0. The van der Waals surface area contributed by atoms with Gasteiger partial charge in [-0.25, -0.2) is 0 Å². The predicted molar refractivity (Wildman–Crippen MR) is 76.8 cm³/mol. The molecule has 0 spiro atoms. The van der Waals surface area contributed by atoms with Gasteiger partial charge in [0.1, 0.15) is 0 Å². The van der Waals surface area contributed by atoms with E-state index in [4.69, 9.17) is 0 Å². The Kier molecular flexibility index (Phi) is 6.03. The van der Waals surface area contributed by atoms with Crippen molar-refractivity contribution in [3.05, 3.63) is 0 Å². The van der Waals surface area contributed by atoms with E-state index in [1.807, 2.05) is 41.5 Å². The number of aliphatic hydroxyl groups is 4.